The summed E-state index contributed by atoms with van der Waals surface area (Å²) in [5.41, 5.74) is -1.68. The van der Waals surface area contributed by atoms with Crippen LogP contribution < -0.4 is 50.0 Å². The van der Waals surface area contributed by atoms with Crippen LogP contribution in [0.25, 0.3) is 0 Å². The summed E-state index contributed by atoms with van der Waals surface area (Å²) >= 11 is 0. The molecule has 12 heteroatoms. The standard InChI is InChI=1S/2C7H5NO4.Fe.Na/c2*9-6(10)4-2-1-3-5(8-4)7(11)12;;/h2*1-3H,(H,9,10)(H,11,12);;/q;;+3;+1/p-4. The first-order valence-electron chi connectivity index (χ1n) is 6.02. The summed E-state index contributed by atoms with van der Waals surface area (Å²) in [5, 5.41) is 40.8. The Balaban J connectivity index is 0. The SMILES string of the molecule is O=C([O-])c1cccc(C(=O)[O-])n1.O=C([O-])c1cccc(C(=O)[O-])n1.[Fe+3].[Na+]. The second-order valence-corrected chi connectivity index (χ2v) is 3.97. The van der Waals surface area contributed by atoms with E-state index in [9.17, 15) is 39.6 Å². The van der Waals surface area contributed by atoms with E-state index < -0.39 is 46.7 Å². The van der Waals surface area contributed by atoms with E-state index in [0.29, 0.717) is 0 Å². The number of aromatic nitrogens is 2. The van der Waals surface area contributed by atoms with Crippen molar-refractivity contribution >= 4 is 23.9 Å². The number of carboxylic acids is 4. The van der Waals surface area contributed by atoms with Gasteiger partial charge in [-0.25, -0.2) is 9.97 Å². The van der Waals surface area contributed by atoms with E-state index in [-0.39, 0.29) is 46.6 Å². The molecule has 0 amide bonds. The fourth-order valence-electron chi connectivity index (χ4n) is 1.32. The van der Waals surface area contributed by atoms with Gasteiger partial charge in [-0.15, -0.1) is 0 Å². The van der Waals surface area contributed by atoms with Crippen molar-refractivity contribution in [3.63, 3.8) is 0 Å². The summed E-state index contributed by atoms with van der Waals surface area (Å²) in [6.07, 6.45) is 0. The molecule has 0 atom stereocenters. The first-order chi connectivity index (χ1) is 11.2. The molecule has 0 saturated heterocycles. The van der Waals surface area contributed by atoms with E-state index in [4.69, 9.17) is 0 Å². The molecule has 2 heterocycles. The van der Waals surface area contributed by atoms with E-state index >= 15 is 0 Å². The maximum atomic E-state index is 10.2. The topological polar surface area (TPSA) is 186 Å². The van der Waals surface area contributed by atoms with Crippen LogP contribution in [0.3, 0.4) is 0 Å². The molecular formula is C14H6FeN2NaO8. The average molecular weight is 409 g/mol. The van der Waals surface area contributed by atoms with Crippen LogP contribution in [0.4, 0.5) is 0 Å². The smallest absolute Gasteiger partial charge is 0.543 e. The molecule has 10 nitrogen and oxygen atoms in total. The zero-order valence-corrected chi connectivity index (χ0v) is 16.1. The second-order valence-electron chi connectivity index (χ2n) is 3.97. The minimum atomic E-state index is -1.52. The normalized spacial score (nSPS) is 8.62. The van der Waals surface area contributed by atoms with E-state index in [1.165, 1.54) is 12.1 Å². The summed E-state index contributed by atoms with van der Waals surface area (Å²) < 4.78 is 0. The van der Waals surface area contributed by atoms with Gasteiger partial charge in [-0.1, -0.05) is 12.1 Å². The van der Waals surface area contributed by atoms with Crippen molar-refractivity contribution in [2.75, 3.05) is 0 Å². The Hall–Kier alpha value is -2.30. The van der Waals surface area contributed by atoms with Crippen molar-refractivity contribution in [1.29, 1.82) is 0 Å². The minimum Gasteiger partial charge on any atom is -0.543 e. The molecule has 0 fully saturated rings. The zero-order chi connectivity index (χ0) is 18.3. The maximum Gasteiger partial charge on any atom is 3.00 e. The van der Waals surface area contributed by atoms with Crippen LogP contribution in [0.5, 0.6) is 0 Å². The van der Waals surface area contributed by atoms with Crippen molar-refractivity contribution in [3.8, 4) is 0 Å². The number of hydrogen-bond acceptors (Lipinski definition) is 10. The van der Waals surface area contributed by atoms with Gasteiger partial charge in [0.05, 0.1) is 46.7 Å². The Morgan fingerprint density at radius 3 is 0.923 bits per heavy atom. The predicted octanol–water partition coefficient (Wildman–Crippen LogP) is -7.38. The summed E-state index contributed by atoms with van der Waals surface area (Å²) in [4.78, 5) is 47.3. The Bertz CT molecular complexity index is 689. The summed E-state index contributed by atoms with van der Waals surface area (Å²) in [5.74, 6) is -6.06. The van der Waals surface area contributed by atoms with E-state index in [1.54, 1.807) is 0 Å². The molecule has 0 aliphatic heterocycles. The van der Waals surface area contributed by atoms with Crippen LogP contribution in [0.15, 0.2) is 36.4 Å². The Morgan fingerprint density at radius 1 is 0.577 bits per heavy atom. The van der Waals surface area contributed by atoms with Crippen molar-refractivity contribution < 1.29 is 86.2 Å². The largest absolute Gasteiger partial charge is 3.00 e. The van der Waals surface area contributed by atoms with Crippen molar-refractivity contribution in [2.24, 2.45) is 0 Å². The van der Waals surface area contributed by atoms with Crippen LogP contribution in [-0.2, 0) is 17.1 Å². The molecule has 0 saturated carbocycles. The maximum absolute atomic E-state index is 10.2. The van der Waals surface area contributed by atoms with Gasteiger partial charge in [0.1, 0.15) is 0 Å². The van der Waals surface area contributed by atoms with Crippen molar-refractivity contribution in [3.05, 3.63) is 59.2 Å². The number of hydrogen-bond donors (Lipinski definition) is 0. The fourth-order valence-corrected chi connectivity index (χ4v) is 1.32. The van der Waals surface area contributed by atoms with Crippen LogP contribution in [0.1, 0.15) is 42.0 Å². The first kappa shape index (κ1) is 25.9. The molecule has 0 bridgehead atoms. The minimum absolute atomic E-state index is 0. The summed E-state index contributed by atoms with van der Waals surface area (Å²) in [6, 6.07) is 7.07. The van der Waals surface area contributed by atoms with Gasteiger partial charge in [0.2, 0.25) is 0 Å². The molecule has 0 aliphatic carbocycles. The fraction of sp³-hybridized carbons (Fsp3) is 0. The third-order valence-electron chi connectivity index (χ3n) is 2.33. The molecule has 2 aromatic heterocycles. The number of carboxylic acid groups (broad SMARTS) is 4. The molecule has 2 aromatic rings. The molecule has 0 N–H and O–H groups in total. The number of pyridine rings is 2. The van der Waals surface area contributed by atoms with Crippen LogP contribution in [-0.4, -0.2) is 33.8 Å². The number of aromatic carboxylic acids is 4. The van der Waals surface area contributed by atoms with Gasteiger partial charge in [-0.05, 0) is 24.3 Å². The van der Waals surface area contributed by atoms with Gasteiger partial charge in [-0.2, -0.15) is 0 Å². The number of rotatable bonds is 4. The number of nitrogens with zero attached hydrogens (tertiary/aromatic N) is 2. The Morgan fingerprint density at radius 2 is 0.769 bits per heavy atom. The third-order valence-corrected chi connectivity index (χ3v) is 2.33. The van der Waals surface area contributed by atoms with Crippen LogP contribution in [0, 0.1) is 0 Å². The Kier molecular flexibility index (Phi) is 12.1. The van der Waals surface area contributed by atoms with Gasteiger partial charge >= 0.3 is 46.6 Å². The molecule has 0 aromatic carbocycles. The van der Waals surface area contributed by atoms with Gasteiger partial charge < -0.3 is 39.6 Å². The predicted molar refractivity (Wildman–Crippen MR) is 65.8 cm³/mol. The quantitative estimate of drug-likeness (QED) is 0.439. The molecule has 129 valence electrons. The molecule has 0 aliphatic rings. The van der Waals surface area contributed by atoms with E-state index in [2.05, 4.69) is 9.97 Å². The molecule has 26 heavy (non-hydrogen) atoms. The van der Waals surface area contributed by atoms with Gasteiger partial charge in [0.25, 0.3) is 0 Å². The van der Waals surface area contributed by atoms with E-state index in [1.807, 2.05) is 0 Å². The first-order valence-corrected chi connectivity index (χ1v) is 6.02. The monoisotopic (exact) mass is 409 g/mol. The van der Waals surface area contributed by atoms with Crippen LogP contribution >= 0.6 is 0 Å². The summed E-state index contributed by atoms with van der Waals surface area (Å²) in [6.45, 7) is 0. The van der Waals surface area contributed by atoms with Gasteiger partial charge in [0, 0.05) is 0 Å². The average Bonchev–Trinajstić information content (AvgIpc) is 2.55. The van der Waals surface area contributed by atoms with Crippen molar-refractivity contribution in [2.45, 2.75) is 0 Å². The molecular weight excluding hydrogens is 403 g/mol. The molecule has 0 spiro atoms. The number of carbonyl (C=O) groups excluding carboxylic acids is 4. The summed E-state index contributed by atoms with van der Waals surface area (Å²) in [7, 11) is 0. The van der Waals surface area contributed by atoms with E-state index in [0.717, 1.165) is 24.3 Å². The Labute approximate surface area is 178 Å². The van der Waals surface area contributed by atoms with Gasteiger partial charge in [-0.3, -0.25) is 0 Å². The van der Waals surface area contributed by atoms with Crippen molar-refractivity contribution in [1.82, 2.24) is 9.97 Å². The molecule has 1 radical (unpaired) electrons. The third kappa shape index (κ3) is 8.19. The zero-order valence-electron chi connectivity index (χ0n) is 13.0. The number of carbonyl (C=O) groups is 4. The van der Waals surface area contributed by atoms with Gasteiger partial charge in [0.15, 0.2) is 0 Å². The second kappa shape index (κ2) is 12.1. The molecule has 0 unspecified atom stereocenters. The molecule has 2 rings (SSSR count). The van der Waals surface area contributed by atoms with Crippen LogP contribution in [0.2, 0.25) is 0 Å².